The highest BCUT2D eigenvalue weighted by atomic mass is 16.5. The van der Waals surface area contributed by atoms with E-state index in [1.807, 2.05) is 12.1 Å². The predicted molar refractivity (Wildman–Crippen MR) is 91.4 cm³/mol. The first-order chi connectivity index (χ1) is 10.6. The average Bonchev–Trinajstić information content (AvgIpc) is 2.51. The molecule has 2 rings (SSSR count). The molecule has 0 saturated carbocycles. The molecule has 3 heteroatoms. The van der Waals surface area contributed by atoms with Crippen molar-refractivity contribution in [2.24, 2.45) is 0 Å². The standard InChI is InChI=1S/C19H31NO2/c1-4-6-17-9-11-19(12-10-17)22-14-18(21)13-20-15(2)7-5-8-16(20)3/h9-12,15-16,18,21H,4-8,13-14H2,1-3H3/t15-,16-,18+/m0/s1. The van der Waals surface area contributed by atoms with E-state index in [0.29, 0.717) is 25.2 Å². The van der Waals surface area contributed by atoms with E-state index in [-0.39, 0.29) is 0 Å². The summed E-state index contributed by atoms with van der Waals surface area (Å²) in [5.41, 5.74) is 1.34. The molecular weight excluding hydrogens is 274 g/mol. The van der Waals surface area contributed by atoms with Crippen LogP contribution in [-0.4, -0.2) is 41.3 Å². The number of piperidine rings is 1. The van der Waals surface area contributed by atoms with Gasteiger partial charge in [-0.25, -0.2) is 0 Å². The van der Waals surface area contributed by atoms with Crippen LogP contribution >= 0.6 is 0 Å². The van der Waals surface area contributed by atoms with Gasteiger partial charge in [-0.05, 0) is 50.8 Å². The number of benzene rings is 1. The van der Waals surface area contributed by atoms with Crippen molar-refractivity contribution >= 4 is 0 Å². The molecule has 22 heavy (non-hydrogen) atoms. The number of aliphatic hydroxyl groups excluding tert-OH is 1. The topological polar surface area (TPSA) is 32.7 Å². The Morgan fingerprint density at radius 2 is 1.82 bits per heavy atom. The fraction of sp³-hybridized carbons (Fsp3) is 0.684. The second-order valence-corrected chi connectivity index (χ2v) is 6.68. The van der Waals surface area contributed by atoms with Crippen molar-refractivity contribution in [2.75, 3.05) is 13.2 Å². The number of rotatable bonds is 7. The molecule has 1 aliphatic rings. The van der Waals surface area contributed by atoms with Gasteiger partial charge in [0.15, 0.2) is 0 Å². The van der Waals surface area contributed by atoms with Crippen LogP contribution in [0.1, 0.15) is 52.0 Å². The van der Waals surface area contributed by atoms with Gasteiger partial charge in [0.25, 0.3) is 0 Å². The van der Waals surface area contributed by atoms with E-state index in [4.69, 9.17) is 4.74 Å². The zero-order valence-electron chi connectivity index (χ0n) is 14.3. The molecular formula is C19H31NO2. The lowest BCUT2D eigenvalue weighted by Crippen LogP contribution is -2.48. The third kappa shape index (κ3) is 4.99. The number of nitrogens with zero attached hydrogens (tertiary/aromatic N) is 1. The van der Waals surface area contributed by atoms with E-state index >= 15 is 0 Å². The number of hydrogen-bond acceptors (Lipinski definition) is 3. The first-order valence-electron chi connectivity index (χ1n) is 8.75. The molecule has 1 saturated heterocycles. The molecule has 1 fully saturated rings. The highest BCUT2D eigenvalue weighted by Crippen LogP contribution is 2.22. The third-order valence-corrected chi connectivity index (χ3v) is 4.70. The molecule has 124 valence electrons. The molecule has 0 unspecified atom stereocenters. The minimum absolute atomic E-state index is 0.364. The Kier molecular flexibility index (Phi) is 6.71. The van der Waals surface area contributed by atoms with E-state index in [2.05, 4.69) is 37.8 Å². The van der Waals surface area contributed by atoms with Crippen LogP contribution in [-0.2, 0) is 6.42 Å². The molecule has 1 aromatic rings. The summed E-state index contributed by atoms with van der Waals surface area (Å²) in [6.45, 7) is 7.77. The summed E-state index contributed by atoms with van der Waals surface area (Å²) in [4.78, 5) is 2.42. The summed E-state index contributed by atoms with van der Waals surface area (Å²) in [5, 5.41) is 10.3. The second kappa shape index (κ2) is 8.54. The maximum Gasteiger partial charge on any atom is 0.119 e. The Bertz CT molecular complexity index is 422. The maximum atomic E-state index is 10.3. The van der Waals surface area contributed by atoms with Crippen LogP contribution in [0.5, 0.6) is 5.75 Å². The van der Waals surface area contributed by atoms with Gasteiger partial charge in [-0.1, -0.05) is 31.9 Å². The quantitative estimate of drug-likeness (QED) is 0.835. The highest BCUT2D eigenvalue weighted by Gasteiger charge is 2.26. The minimum Gasteiger partial charge on any atom is -0.491 e. The molecule has 0 aliphatic carbocycles. The number of hydrogen-bond donors (Lipinski definition) is 1. The lowest BCUT2D eigenvalue weighted by Gasteiger charge is -2.40. The van der Waals surface area contributed by atoms with Gasteiger partial charge < -0.3 is 9.84 Å². The zero-order chi connectivity index (χ0) is 15.9. The van der Waals surface area contributed by atoms with Crippen molar-refractivity contribution in [3.63, 3.8) is 0 Å². The third-order valence-electron chi connectivity index (χ3n) is 4.70. The highest BCUT2D eigenvalue weighted by molar-refractivity contribution is 5.27. The Balaban J connectivity index is 1.78. The van der Waals surface area contributed by atoms with Gasteiger partial charge in [0.05, 0.1) is 0 Å². The SMILES string of the molecule is CCCc1ccc(OC[C@H](O)CN2[C@@H](C)CCC[C@@H]2C)cc1. The molecule has 0 spiro atoms. The maximum absolute atomic E-state index is 10.3. The molecule has 0 aromatic heterocycles. The minimum atomic E-state index is -0.432. The van der Waals surface area contributed by atoms with Gasteiger partial charge in [0.2, 0.25) is 0 Å². The van der Waals surface area contributed by atoms with Crippen molar-refractivity contribution in [3.05, 3.63) is 29.8 Å². The Hall–Kier alpha value is -1.06. The Morgan fingerprint density at radius 3 is 2.41 bits per heavy atom. The summed E-state index contributed by atoms with van der Waals surface area (Å²) >= 11 is 0. The van der Waals surface area contributed by atoms with Crippen molar-refractivity contribution in [3.8, 4) is 5.75 Å². The molecule has 0 bridgehead atoms. The van der Waals surface area contributed by atoms with Gasteiger partial charge >= 0.3 is 0 Å². The summed E-state index contributed by atoms with van der Waals surface area (Å²) < 4.78 is 5.74. The molecule has 1 N–H and O–H groups in total. The van der Waals surface area contributed by atoms with Crippen LogP contribution < -0.4 is 4.74 Å². The van der Waals surface area contributed by atoms with Crippen LogP contribution in [0.2, 0.25) is 0 Å². The summed E-state index contributed by atoms with van der Waals surface area (Å²) in [6.07, 6.45) is 5.60. The Labute approximate surface area is 135 Å². The first-order valence-corrected chi connectivity index (χ1v) is 8.75. The largest absolute Gasteiger partial charge is 0.491 e. The Morgan fingerprint density at radius 1 is 1.18 bits per heavy atom. The van der Waals surface area contributed by atoms with E-state index in [9.17, 15) is 5.11 Å². The fourth-order valence-electron chi connectivity index (χ4n) is 3.36. The van der Waals surface area contributed by atoms with Crippen molar-refractivity contribution in [2.45, 2.75) is 71.1 Å². The van der Waals surface area contributed by atoms with E-state index in [1.54, 1.807) is 0 Å². The summed E-state index contributed by atoms with van der Waals surface area (Å²) in [6, 6.07) is 9.35. The van der Waals surface area contributed by atoms with Crippen LogP contribution in [0.25, 0.3) is 0 Å². The van der Waals surface area contributed by atoms with Crippen molar-refractivity contribution < 1.29 is 9.84 Å². The van der Waals surface area contributed by atoms with Gasteiger partial charge in [0.1, 0.15) is 18.5 Å². The summed E-state index contributed by atoms with van der Waals surface area (Å²) in [7, 11) is 0. The molecule has 1 heterocycles. The molecule has 1 aromatic carbocycles. The van der Waals surface area contributed by atoms with Crippen LogP contribution in [0, 0.1) is 0 Å². The van der Waals surface area contributed by atoms with Crippen LogP contribution in [0.3, 0.4) is 0 Å². The number of ether oxygens (including phenoxy) is 1. The van der Waals surface area contributed by atoms with E-state index < -0.39 is 6.10 Å². The molecule has 0 radical (unpaired) electrons. The summed E-state index contributed by atoms with van der Waals surface area (Å²) in [5.74, 6) is 0.846. The van der Waals surface area contributed by atoms with Crippen LogP contribution in [0.4, 0.5) is 0 Å². The van der Waals surface area contributed by atoms with Crippen molar-refractivity contribution in [1.82, 2.24) is 4.90 Å². The molecule has 3 nitrogen and oxygen atoms in total. The monoisotopic (exact) mass is 305 g/mol. The lowest BCUT2D eigenvalue weighted by molar-refractivity contribution is 0.0209. The first kappa shape index (κ1) is 17.3. The van der Waals surface area contributed by atoms with Gasteiger partial charge in [-0.2, -0.15) is 0 Å². The van der Waals surface area contributed by atoms with Gasteiger partial charge in [-0.15, -0.1) is 0 Å². The second-order valence-electron chi connectivity index (χ2n) is 6.68. The smallest absolute Gasteiger partial charge is 0.119 e. The normalized spacial score (nSPS) is 24.2. The average molecular weight is 305 g/mol. The fourth-order valence-corrected chi connectivity index (χ4v) is 3.36. The van der Waals surface area contributed by atoms with Gasteiger partial charge in [-0.3, -0.25) is 4.90 Å². The number of aryl methyl sites for hydroxylation is 1. The zero-order valence-corrected chi connectivity index (χ0v) is 14.3. The van der Waals surface area contributed by atoms with Crippen molar-refractivity contribution in [1.29, 1.82) is 0 Å². The molecule has 0 amide bonds. The van der Waals surface area contributed by atoms with Crippen LogP contribution in [0.15, 0.2) is 24.3 Å². The van der Waals surface area contributed by atoms with E-state index in [1.165, 1.54) is 24.8 Å². The van der Waals surface area contributed by atoms with E-state index in [0.717, 1.165) is 18.6 Å². The number of likely N-dealkylation sites (tertiary alicyclic amines) is 1. The molecule has 1 aliphatic heterocycles. The predicted octanol–water partition coefficient (Wildman–Crippen LogP) is 3.64. The lowest BCUT2D eigenvalue weighted by atomic mass is 9.97. The number of aliphatic hydroxyl groups is 1. The number of β-amino-alcohol motifs (C(OH)–C–C–N with tert-alkyl or cyclic N) is 1. The molecule has 3 atom stereocenters. The van der Waals surface area contributed by atoms with Gasteiger partial charge in [0, 0.05) is 18.6 Å².